The number of likely N-dealkylation sites (tertiary alicyclic amines) is 1. The van der Waals surface area contributed by atoms with Crippen molar-refractivity contribution in [1.82, 2.24) is 4.90 Å². The first-order chi connectivity index (χ1) is 13.2. The Labute approximate surface area is 171 Å². The van der Waals surface area contributed by atoms with Crippen molar-refractivity contribution in [1.29, 1.82) is 0 Å². The number of ether oxygens (including phenoxy) is 2. The Hall–Kier alpha value is -2.28. The first kappa shape index (κ1) is 20.5. The van der Waals surface area contributed by atoms with E-state index in [1.807, 2.05) is 25.1 Å². The van der Waals surface area contributed by atoms with Gasteiger partial charge in [0.05, 0.1) is 6.04 Å². The molecule has 7 heteroatoms. The number of hydrogen-bond acceptors (Lipinski definition) is 5. The quantitative estimate of drug-likeness (QED) is 0.802. The number of halogens is 1. The minimum absolute atomic E-state index is 0. The highest BCUT2D eigenvalue weighted by Gasteiger charge is 2.36. The highest BCUT2D eigenvalue weighted by Crippen LogP contribution is 2.35. The van der Waals surface area contributed by atoms with Gasteiger partial charge in [-0.3, -0.25) is 9.69 Å². The number of nitrogens with one attached hydrogen (secondary N) is 1. The van der Waals surface area contributed by atoms with Crippen molar-refractivity contribution >= 4 is 24.0 Å². The molecule has 3 N–H and O–H groups in total. The number of rotatable bonds is 5. The van der Waals surface area contributed by atoms with Gasteiger partial charge in [0.15, 0.2) is 11.5 Å². The van der Waals surface area contributed by atoms with Crippen LogP contribution in [0.5, 0.6) is 11.5 Å². The number of anilines is 1. The molecule has 2 aliphatic rings. The third-order valence-corrected chi connectivity index (χ3v) is 5.57. The molecule has 2 aromatic carbocycles. The third kappa shape index (κ3) is 4.09. The molecule has 1 fully saturated rings. The summed E-state index contributed by atoms with van der Waals surface area (Å²) in [7, 11) is 0. The molecule has 1 saturated heterocycles. The molecule has 0 radical (unpaired) electrons. The summed E-state index contributed by atoms with van der Waals surface area (Å²) in [5.74, 6) is 2.05. The van der Waals surface area contributed by atoms with Crippen molar-refractivity contribution in [3.8, 4) is 11.5 Å². The zero-order valence-electron chi connectivity index (χ0n) is 15.8. The van der Waals surface area contributed by atoms with Crippen LogP contribution in [-0.2, 0) is 4.79 Å². The fourth-order valence-electron chi connectivity index (χ4n) is 3.92. The fourth-order valence-corrected chi connectivity index (χ4v) is 3.92. The Morgan fingerprint density at radius 3 is 2.68 bits per heavy atom. The lowest BCUT2D eigenvalue weighted by Crippen LogP contribution is -2.41. The van der Waals surface area contributed by atoms with E-state index in [2.05, 4.69) is 34.5 Å². The van der Waals surface area contributed by atoms with Gasteiger partial charge >= 0.3 is 0 Å². The number of benzene rings is 2. The molecule has 1 unspecified atom stereocenters. The number of nitrogens with zero attached hydrogens (tertiary/aromatic N) is 1. The van der Waals surface area contributed by atoms with Crippen molar-refractivity contribution in [2.75, 3.05) is 31.7 Å². The standard InChI is InChI=1S/C21H25N3O3.ClH/c1-14(21(25)23-17-7-8-19-20(9-17)27-13-26-19)24-11-16(10-22)18(12-24)15-5-3-2-4-6-15;/h2-9,14,16,18H,10-13,22H2,1H3,(H,23,25);1H/t14?,16-,18+;/m1./s1. The van der Waals surface area contributed by atoms with E-state index in [-0.39, 0.29) is 31.1 Å². The lowest BCUT2D eigenvalue weighted by molar-refractivity contribution is -0.120. The summed E-state index contributed by atoms with van der Waals surface area (Å²) in [6, 6.07) is 15.6. The van der Waals surface area contributed by atoms with Crippen LogP contribution in [0, 0.1) is 5.92 Å². The van der Waals surface area contributed by atoms with E-state index in [1.54, 1.807) is 6.07 Å². The summed E-state index contributed by atoms with van der Waals surface area (Å²) in [5, 5.41) is 2.99. The summed E-state index contributed by atoms with van der Waals surface area (Å²) in [5.41, 5.74) is 8.03. The topological polar surface area (TPSA) is 76.8 Å². The zero-order valence-corrected chi connectivity index (χ0v) is 16.7. The number of nitrogens with two attached hydrogens (primary N) is 1. The highest BCUT2D eigenvalue weighted by atomic mass is 35.5. The van der Waals surface area contributed by atoms with Crippen LogP contribution in [0.4, 0.5) is 5.69 Å². The molecule has 0 spiro atoms. The van der Waals surface area contributed by atoms with E-state index in [9.17, 15) is 4.79 Å². The van der Waals surface area contributed by atoms with Gasteiger partial charge in [0.25, 0.3) is 0 Å². The summed E-state index contributed by atoms with van der Waals surface area (Å²) in [6.07, 6.45) is 0. The van der Waals surface area contributed by atoms with E-state index < -0.39 is 0 Å². The summed E-state index contributed by atoms with van der Waals surface area (Å²) >= 11 is 0. The molecule has 4 rings (SSSR count). The smallest absolute Gasteiger partial charge is 0.241 e. The number of carbonyl (C=O) groups is 1. The fraction of sp³-hybridized carbons (Fsp3) is 0.381. The minimum Gasteiger partial charge on any atom is -0.454 e. The molecule has 0 bridgehead atoms. The first-order valence-corrected chi connectivity index (χ1v) is 9.35. The van der Waals surface area contributed by atoms with Crippen LogP contribution in [0.25, 0.3) is 0 Å². The Morgan fingerprint density at radius 2 is 1.93 bits per heavy atom. The van der Waals surface area contributed by atoms with Gasteiger partial charge in [0.2, 0.25) is 12.7 Å². The summed E-state index contributed by atoms with van der Waals surface area (Å²) < 4.78 is 10.7. The maximum Gasteiger partial charge on any atom is 0.241 e. The second-order valence-electron chi connectivity index (χ2n) is 7.20. The molecular weight excluding hydrogens is 378 g/mol. The van der Waals surface area contributed by atoms with Gasteiger partial charge in [0, 0.05) is 30.8 Å². The maximum absolute atomic E-state index is 12.8. The van der Waals surface area contributed by atoms with E-state index in [0.29, 0.717) is 35.6 Å². The minimum atomic E-state index is -0.238. The summed E-state index contributed by atoms with van der Waals surface area (Å²) in [4.78, 5) is 15.0. The molecule has 0 aliphatic carbocycles. The summed E-state index contributed by atoms with van der Waals surface area (Å²) in [6.45, 7) is 4.45. The van der Waals surface area contributed by atoms with Crippen molar-refractivity contribution in [2.45, 2.75) is 18.9 Å². The Morgan fingerprint density at radius 1 is 1.18 bits per heavy atom. The lowest BCUT2D eigenvalue weighted by Gasteiger charge is -2.23. The molecule has 28 heavy (non-hydrogen) atoms. The Kier molecular flexibility index (Phi) is 6.44. The molecular formula is C21H26ClN3O3. The Bertz CT molecular complexity index is 818. The highest BCUT2D eigenvalue weighted by molar-refractivity contribution is 5.94. The van der Waals surface area contributed by atoms with E-state index in [4.69, 9.17) is 15.2 Å². The van der Waals surface area contributed by atoms with Crippen LogP contribution in [0.1, 0.15) is 18.4 Å². The molecule has 6 nitrogen and oxygen atoms in total. The predicted octanol–water partition coefficient (Wildman–Crippen LogP) is 2.84. The van der Waals surface area contributed by atoms with Crippen LogP contribution < -0.4 is 20.5 Å². The average molecular weight is 404 g/mol. The number of fused-ring (bicyclic) bond motifs is 1. The molecule has 2 aliphatic heterocycles. The van der Waals surface area contributed by atoms with Crippen LogP contribution in [0.2, 0.25) is 0 Å². The van der Waals surface area contributed by atoms with Gasteiger partial charge < -0.3 is 20.5 Å². The van der Waals surface area contributed by atoms with Gasteiger partial charge in [-0.05, 0) is 37.1 Å². The van der Waals surface area contributed by atoms with Crippen LogP contribution in [-0.4, -0.2) is 43.3 Å². The maximum atomic E-state index is 12.8. The van der Waals surface area contributed by atoms with Gasteiger partial charge in [-0.1, -0.05) is 30.3 Å². The van der Waals surface area contributed by atoms with Gasteiger partial charge in [-0.2, -0.15) is 0 Å². The average Bonchev–Trinajstić information content (AvgIpc) is 3.34. The molecule has 3 atom stereocenters. The number of hydrogen-bond donors (Lipinski definition) is 2. The SMILES string of the molecule is CC(C(=O)Nc1ccc2c(c1)OCO2)N1C[C@@H](CN)[C@H](c2ccccc2)C1.Cl. The van der Waals surface area contributed by atoms with Crippen molar-refractivity contribution < 1.29 is 14.3 Å². The molecule has 0 aromatic heterocycles. The normalized spacial score (nSPS) is 21.8. The molecule has 150 valence electrons. The second-order valence-corrected chi connectivity index (χ2v) is 7.20. The van der Waals surface area contributed by atoms with Crippen LogP contribution in [0.15, 0.2) is 48.5 Å². The van der Waals surface area contributed by atoms with Crippen molar-refractivity contribution in [3.05, 3.63) is 54.1 Å². The third-order valence-electron chi connectivity index (χ3n) is 5.57. The van der Waals surface area contributed by atoms with Gasteiger partial charge in [-0.15, -0.1) is 12.4 Å². The monoisotopic (exact) mass is 403 g/mol. The lowest BCUT2D eigenvalue weighted by atomic mass is 9.89. The van der Waals surface area contributed by atoms with Gasteiger partial charge in [-0.25, -0.2) is 0 Å². The molecule has 2 heterocycles. The first-order valence-electron chi connectivity index (χ1n) is 9.35. The largest absolute Gasteiger partial charge is 0.454 e. The predicted molar refractivity (Wildman–Crippen MR) is 111 cm³/mol. The molecule has 0 saturated carbocycles. The number of carbonyl (C=O) groups excluding carboxylic acids is 1. The second kappa shape index (κ2) is 8.82. The van der Waals surface area contributed by atoms with Gasteiger partial charge in [0.1, 0.15) is 0 Å². The van der Waals surface area contributed by atoms with E-state index >= 15 is 0 Å². The van der Waals surface area contributed by atoms with Crippen LogP contribution in [0.3, 0.4) is 0 Å². The van der Waals surface area contributed by atoms with Crippen molar-refractivity contribution in [2.24, 2.45) is 11.7 Å². The van der Waals surface area contributed by atoms with Crippen molar-refractivity contribution in [3.63, 3.8) is 0 Å². The van der Waals surface area contributed by atoms with Crippen LogP contribution >= 0.6 is 12.4 Å². The zero-order chi connectivity index (χ0) is 18.8. The molecule has 2 aromatic rings. The molecule has 1 amide bonds. The van der Waals surface area contributed by atoms with E-state index in [0.717, 1.165) is 13.1 Å². The number of amides is 1. The van der Waals surface area contributed by atoms with E-state index in [1.165, 1.54) is 5.56 Å². The Balaban J connectivity index is 0.00000225.